The van der Waals surface area contributed by atoms with Crippen molar-refractivity contribution in [3.05, 3.63) is 59.2 Å². The number of hydrogen-bond donors (Lipinski definition) is 3. The normalized spacial score (nSPS) is 11.2. The van der Waals surface area contributed by atoms with Gasteiger partial charge in [0.15, 0.2) is 5.84 Å². The monoisotopic (exact) mass is 285 g/mol. The van der Waals surface area contributed by atoms with E-state index in [4.69, 9.17) is 10.9 Å². The topological polar surface area (TPSA) is 113 Å². The lowest BCUT2D eigenvalue weighted by Crippen LogP contribution is -2.23. The molecular weight excluding hydrogens is 270 g/mol. The number of carbonyl (C=O) groups excluding carboxylic acids is 1. The fourth-order valence-corrected chi connectivity index (χ4v) is 1.73. The zero-order chi connectivity index (χ0) is 15.2. The molecule has 2 aromatic rings. The molecule has 0 saturated heterocycles. The molecule has 21 heavy (non-hydrogen) atoms. The van der Waals surface area contributed by atoms with Crippen LogP contribution in [-0.2, 0) is 6.54 Å². The highest BCUT2D eigenvalue weighted by atomic mass is 16.4. The van der Waals surface area contributed by atoms with Crippen molar-refractivity contribution in [3.63, 3.8) is 0 Å². The Bertz CT molecular complexity index is 667. The molecule has 108 valence electrons. The Labute approximate surface area is 121 Å². The molecule has 0 radical (unpaired) electrons. The predicted octanol–water partition coefficient (Wildman–Crippen LogP) is 0.810. The summed E-state index contributed by atoms with van der Waals surface area (Å²) in [6, 6.07) is 8.17. The molecule has 1 aromatic heterocycles. The summed E-state index contributed by atoms with van der Waals surface area (Å²) in [4.78, 5) is 20.2. The fourth-order valence-electron chi connectivity index (χ4n) is 1.73. The Morgan fingerprint density at radius 1 is 1.29 bits per heavy atom. The van der Waals surface area contributed by atoms with Crippen molar-refractivity contribution < 1.29 is 10.0 Å². The summed E-state index contributed by atoms with van der Waals surface area (Å²) in [5.74, 6) is 0.431. The van der Waals surface area contributed by atoms with E-state index in [-0.39, 0.29) is 11.7 Å². The summed E-state index contributed by atoms with van der Waals surface area (Å²) in [5, 5.41) is 14.2. The summed E-state index contributed by atoms with van der Waals surface area (Å²) >= 11 is 0. The highest BCUT2D eigenvalue weighted by Crippen LogP contribution is 2.05. The van der Waals surface area contributed by atoms with E-state index in [2.05, 4.69) is 20.4 Å². The van der Waals surface area contributed by atoms with Gasteiger partial charge in [0.05, 0.1) is 12.2 Å². The Morgan fingerprint density at radius 2 is 1.95 bits per heavy atom. The number of aryl methyl sites for hydroxylation is 1. The summed E-state index contributed by atoms with van der Waals surface area (Å²) in [5.41, 5.74) is 7.22. The van der Waals surface area contributed by atoms with Crippen molar-refractivity contribution in [1.82, 2.24) is 15.3 Å². The second-order valence-corrected chi connectivity index (χ2v) is 4.34. The van der Waals surface area contributed by atoms with E-state index in [0.717, 1.165) is 5.69 Å². The van der Waals surface area contributed by atoms with Gasteiger partial charge in [0.1, 0.15) is 5.82 Å². The van der Waals surface area contributed by atoms with E-state index in [1.54, 1.807) is 43.5 Å². The van der Waals surface area contributed by atoms with Crippen LogP contribution in [0.15, 0.2) is 41.7 Å². The van der Waals surface area contributed by atoms with Gasteiger partial charge in [0.25, 0.3) is 5.91 Å². The number of aromatic nitrogens is 2. The van der Waals surface area contributed by atoms with Gasteiger partial charge in [-0.15, -0.1) is 0 Å². The summed E-state index contributed by atoms with van der Waals surface area (Å²) in [6.45, 7) is 2.11. The Hall–Kier alpha value is -2.96. The zero-order valence-electron chi connectivity index (χ0n) is 11.4. The summed E-state index contributed by atoms with van der Waals surface area (Å²) in [7, 11) is 0. The molecular formula is C14H15N5O2. The lowest BCUT2D eigenvalue weighted by atomic mass is 10.1. The Kier molecular flexibility index (Phi) is 4.45. The van der Waals surface area contributed by atoms with E-state index in [9.17, 15) is 4.79 Å². The molecule has 1 heterocycles. The van der Waals surface area contributed by atoms with E-state index in [1.165, 1.54) is 0 Å². The van der Waals surface area contributed by atoms with Crippen molar-refractivity contribution in [2.75, 3.05) is 0 Å². The van der Waals surface area contributed by atoms with Gasteiger partial charge in [0, 0.05) is 17.3 Å². The maximum atomic E-state index is 12.0. The largest absolute Gasteiger partial charge is 0.409 e. The third-order valence-corrected chi connectivity index (χ3v) is 2.81. The first kappa shape index (κ1) is 14.4. The van der Waals surface area contributed by atoms with Crippen LogP contribution in [0, 0.1) is 6.92 Å². The second-order valence-electron chi connectivity index (χ2n) is 4.34. The molecule has 0 aliphatic rings. The van der Waals surface area contributed by atoms with Crippen LogP contribution in [-0.4, -0.2) is 26.9 Å². The van der Waals surface area contributed by atoms with Gasteiger partial charge in [-0.05, 0) is 25.1 Å². The molecule has 0 saturated carbocycles. The number of amides is 1. The molecule has 0 aliphatic carbocycles. The number of benzene rings is 1. The predicted molar refractivity (Wildman–Crippen MR) is 76.9 cm³/mol. The summed E-state index contributed by atoms with van der Waals surface area (Å²) < 4.78 is 0. The first-order valence-corrected chi connectivity index (χ1v) is 6.25. The van der Waals surface area contributed by atoms with Crippen LogP contribution in [0.4, 0.5) is 0 Å². The quantitative estimate of drug-likeness (QED) is 0.333. The van der Waals surface area contributed by atoms with Gasteiger partial charge in [-0.2, -0.15) is 0 Å². The van der Waals surface area contributed by atoms with Gasteiger partial charge >= 0.3 is 0 Å². The minimum absolute atomic E-state index is 0.00146. The molecule has 4 N–H and O–H groups in total. The van der Waals surface area contributed by atoms with E-state index >= 15 is 0 Å². The van der Waals surface area contributed by atoms with Gasteiger partial charge in [0.2, 0.25) is 0 Å². The second kappa shape index (κ2) is 6.47. The zero-order valence-corrected chi connectivity index (χ0v) is 11.4. The molecule has 0 atom stereocenters. The minimum atomic E-state index is -0.225. The maximum Gasteiger partial charge on any atom is 0.251 e. The maximum absolute atomic E-state index is 12.0. The van der Waals surface area contributed by atoms with E-state index in [0.29, 0.717) is 23.5 Å². The van der Waals surface area contributed by atoms with Gasteiger partial charge < -0.3 is 16.3 Å². The molecule has 1 aromatic carbocycles. The number of nitrogens with two attached hydrogens (primary N) is 1. The number of rotatable bonds is 4. The summed E-state index contributed by atoms with van der Waals surface area (Å²) in [6.07, 6.45) is 1.65. The van der Waals surface area contributed by atoms with Crippen LogP contribution in [0.2, 0.25) is 0 Å². The molecule has 0 fully saturated rings. The number of nitrogens with one attached hydrogen (secondary N) is 1. The van der Waals surface area contributed by atoms with Gasteiger partial charge in [-0.3, -0.25) is 4.79 Å². The first-order valence-electron chi connectivity index (χ1n) is 6.25. The number of nitrogens with zero attached hydrogens (tertiary/aromatic N) is 3. The molecule has 0 bridgehead atoms. The van der Waals surface area contributed by atoms with Crippen LogP contribution in [0.25, 0.3) is 0 Å². The smallest absolute Gasteiger partial charge is 0.251 e. The third kappa shape index (κ3) is 3.75. The molecule has 0 aliphatic heterocycles. The SMILES string of the molecule is Cc1nccc(CNC(=O)c2ccc(C(N)=NO)cc2)n1. The van der Waals surface area contributed by atoms with Crippen LogP contribution in [0.5, 0.6) is 0 Å². The van der Waals surface area contributed by atoms with E-state index < -0.39 is 0 Å². The lowest BCUT2D eigenvalue weighted by molar-refractivity contribution is 0.0950. The number of oxime groups is 1. The molecule has 7 nitrogen and oxygen atoms in total. The van der Waals surface area contributed by atoms with Crippen molar-refractivity contribution in [1.29, 1.82) is 0 Å². The third-order valence-electron chi connectivity index (χ3n) is 2.81. The van der Waals surface area contributed by atoms with E-state index in [1.807, 2.05) is 0 Å². The molecule has 0 spiro atoms. The Balaban J connectivity index is 2.00. The van der Waals surface area contributed by atoms with Crippen molar-refractivity contribution in [3.8, 4) is 0 Å². The average molecular weight is 285 g/mol. The average Bonchev–Trinajstić information content (AvgIpc) is 2.52. The molecule has 0 unspecified atom stereocenters. The van der Waals surface area contributed by atoms with Crippen LogP contribution in [0.1, 0.15) is 27.4 Å². The number of hydrogen-bond acceptors (Lipinski definition) is 5. The van der Waals surface area contributed by atoms with Crippen LogP contribution >= 0.6 is 0 Å². The standard InChI is InChI=1S/C14H15N5O2/c1-9-16-7-6-12(18-9)8-17-14(20)11-4-2-10(3-5-11)13(15)19-21/h2-7,21H,8H2,1H3,(H2,15,19)(H,17,20). The number of carbonyl (C=O) groups is 1. The van der Waals surface area contributed by atoms with Crippen LogP contribution in [0.3, 0.4) is 0 Å². The highest BCUT2D eigenvalue weighted by molar-refractivity contribution is 5.99. The molecule has 2 rings (SSSR count). The van der Waals surface area contributed by atoms with Gasteiger partial charge in [-0.25, -0.2) is 9.97 Å². The molecule has 1 amide bonds. The Morgan fingerprint density at radius 3 is 2.57 bits per heavy atom. The van der Waals surface area contributed by atoms with Crippen molar-refractivity contribution in [2.24, 2.45) is 10.9 Å². The van der Waals surface area contributed by atoms with Crippen molar-refractivity contribution >= 4 is 11.7 Å². The molecule has 7 heteroatoms. The fraction of sp³-hybridized carbons (Fsp3) is 0.143. The van der Waals surface area contributed by atoms with Gasteiger partial charge in [-0.1, -0.05) is 17.3 Å². The first-order chi connectivity index (χ1) is 10.1. The lowest BCUT2D eigenvalue weighted by Gasteiger charge is -2.06. The number of amidine groups is 1. The van der Waals surface area contributed by atoms with Crippen molar-refractivity contribution in [2.45, 2.75) is 13.5 Å². The van der Waals surface area contributed by atoms with Crippen LogP contribution < -0.4 is 11.1 Å². The minimum Gasteiger partial charge on any atom is -0.409 e. The highest BCUT2D eigenvalue weighted by Gasteiger charge is 2.07.